The van der Waals surface area contributed by atoms with Crippen molar-refractivity contribution in [1.82, 2.24) is 14.9 Å². The van der Waals surface area contributed by atoms with E-state index < -0.39 is 10.0 Å². The topological polar surface area (TPSA) is 84.3 Å². The number of para-hydroxylation sites is 1. The molecule has 1 aromatic heterocycles. The molecule has 0 aliphatic carbocycles. The first-order valence-electron chi connectivity index (χ1n) is 9.84. The summed E-state index contributed by atoms with van der Waals surface area (Å²) in [7, 11) is -3.78. The van der Waals surface area contributed by atoms with Gasteiger partial charge in [0.15, 0.2) is 0 Å². The highest BCUT2D eigenvalue weighted by molar-refractivity contribution is 7.92. The lowest BCUT2D eigenvalue weighted by molar-refractivity contribution is -0.120. The number of carbonyl (C=O) groups excluding carboxylic acids is 1. The van der Waals surface area contributed by atoms with Gasteiger partial charge in [-0.2, -0.15) is 0 Å². The Kier molecular flexibility index (Phi) is 7.24. The second-order valence-corrected chi connectivity index (χ2v) is 8.84. The fraction of sp³-hybridized carbons (Fsp3) is 0.273. The SMILES string of the molecule is Cc1ccc(S(=O)(=O)N(CCC(=O)NCCCn2ccnc2)c2ccccc2)cc1. The second-order valence-electron chi connectivity index (χ2n) is 6.98. The maximum absolute atomic E-state index is 13.2. The van der Waals surface area contributed by atoms with E-state index in [0.29, 0.717) is 12.2 Å². The second kappa shape index (κ2) is 10.1. The van der Waals surface area contributed by atoms with Crippen molar-refractivity contribution in [3.8, 4) is 0 Å². The van der Waals surface area contributed by atoms with E-state index in [1.807, 2.05) is 23.8 Å². The number of imidazole rings is 1. The van der Waals surface area contributed by atoms with Crippen LogP contribution >= 0.6 is 0 Å². The number of hydrogen-bond acceptors (Lipinski definition) is 4. The molecule has 0 saturated carbocycles. The molecule has 1 heterocycles. The number of nitrogens with one attached hydrogen (secondary N) is 1. The molecule has 1 N–H and O–H groups in total. The average molecular weight is 427 g/mol. The first-order chi connectivity index (χ1) is 14.5. The Bertz CT molecular complexity index is 1030. The van der Waals surface area contributed by atoms with E-state index in [2.05, 4.69) is 10.3 Å². The maximum Gasteiger partial charge on any atom is 0.264 e. The molecule has 7 nitrogen and oxygen atoms in total. The number of amides is 1. The molecule has 0 aliphatic heterocycles. The van der Waals surface area contributed by atoms with Gasteiger partial charge < -0.3 is 9.88 Å². The van der Waals surface area contributed by atoms with Crippen LogP contribution in [0.15, 0.2) is 78.2 Å². The van der Waals surface area contributed by atoms with E-state index in [0.717, 1.165) is 18.5 Å². The molecule has 0 atom stereocenters. The van der Waals surface area contributed by atoms with Gasteiger partial charge in [0.05, 0.1) is 16.9 Å². The van der Waals surface area contributed by atoms with Crippen molar-refractivity contribution >= 4 is 21.6 Å². The van der Waals surface area contributed by atoms with Crippen molar-refractivity contribution in [2.75, 3.05) is 17.4 Å². The van der Waals surface area contributed by atoms with E-state index in [4.69, 9.17) is 0 Å². The number of rotatable bonds is 10. The summed E-state index contributed by atoms with van der Waals surface area (Å²) in [5.41, 5.74) is 1.52. The Labute approximate surface area is 177 Å². The molecule has 2 aromatic carbocycles. The van der Waals surface area contributed by atoms with Crippen LogP contribution in [0, 0.1) is 6.92 Å². The van der Waals surface area contributed by atoms with Gasteiger partial charge in [0.2, 0.25) is 5.91 Å². The zero-order chi connectivity index (χ0) is 21.4. The molecule has 3 rings (SSSR count). The third-order valence-corrected chi connectivity index (χ3v) is 6.51. The normalized spacial score (nSPS) is 11.2. The highest BCUT2D eigenvalue weighted by Crippen LogP contribution is 2.24. The van der Waals surface area contributed by atoms with Crippen LogP contribution in [0.25, 0.3) is 0 Å². The van der Waals surface area contributed by atoms with Crippen molar-refractivity contribution in [2.24, 2.45) is 0 Å². The molecule has 0 radical (unpaired) electrons. The van der Waals surface area contributed by atoms with Crippen molar-refractivity contribution in [3.05, 3.63) is 78.9 Å². The number of aromatic nitrogens is 2. The lowest BCUT2D eigenvalue weighted by atomic mass is 10.2. The Morgan fingerprint density at radius 1 is 1.10 bits per heavy atom. The molecule has 0 fully saturated rings. The monoisotopic (exact) mass is 426 g/mol. The van der Waals surface area contributed by atoms with Crippen LogP contribution in [0.4, 0.5) is 5.69 Å². The number of anilines is 1. The van der Waals surface area contributed by atoms with Gasteiger partial charge in [-0.3, -0.25) is 9.10 Å². The van der Waals surface area contributed by atoms with E-state index in [1.165, 1.54) is 4.31 Å². The summed E-state index contributed by atoms with van der Waals surface area (Å²) in [4.78, 5) is 16.5. The summed E-state index contributed by atoms with van der Waals surface area (Å²) < 4.78 is 29.7. The molecule has 0 aliphatic rings. The standard InChI is InChI=1S/C22H26N4O3S/c1-19-8-10-21(11-9-19)30(28,29)26(20-6-3-2-4-7-20)16-12-22(27)24-13-5-15-25-17-14-23-18-25/h2-4,6-11,14,17-18H,5,12-13,15-16H2,1H3,(H,24,27). The zero-order valence-corrected chi connectivity index (χ0v) is 17.8. The fourth-order valence-corrected chi connectivity index (χ4v) is 4.49. The lowest BCUT2D eigenvalue weighted by Gasteiger charge is -2.24. The number of carbonyl (C=O) groups is 1. The third-order valence-electron chi connectivity index (χ3n) is 4.67. The van der Waals surface area contributed by atoms with Crippen LogP contribution in [0.5, 0.6) is 0 Å². The maximum atomic E-state index is 13.2. The average Bonchev–Trinajstić information content (AvgIpc) is 3.26. The Morgan fingerprint density at radius 3 is 2.50 bits per heavy atom. The summed E-state index contributed by atoms with van der Waals surface area (Å²) in [5, 5.41) is 2.86. The number of benzene rings is 2. The van der Waals surface area contributed by atoms with Gasteiger partial charge in [0, 0.05) is 38.4 Å². The number of aryl methyl sites for hydroxylation is 2. The van der Waals surface area contributed by atoms with Gasteiger partial charge in [0.1, 0.15) is 0 Å². The highest BCUT2D eigenvalue weighted by Gasteiger charge is 2.25. The van der Waals surface area contributed by atoms with E-state index >= 15 is 0 Å². The highest BCUT2D eigenvalue weighted by atomic mass is 32.2. The molecule has 0 bridgehead atoms. The summed E-state index contributed by atoms with van der Waals surface area (Å²) in [5.74, 6) is -0.180. The Morgan fingerprint density at radius 2 is 1.83 bits per heavy atom. The minimum absolute atomic E-state index is 0.0631. The smallest absolute Gasteiger partial charge is 0.264 e. The molecule has 158 valence electrons. The molecule has 30 heavy (non-hydrogen) atoms. The molecule has 1 amide bonds. The van der Waals surface area contributed by atoms with Gasteiger partial charge in [-0.1, -0.05) is 35.9 Å². The van der Waals surface area contributed by atoms with Gasteiger partial charge >= 0.3 is 0 Å². The van der Waals surface area contributed by atoms with E-state index in [1.54, 1.807) is 61.1 Å². The van der Waals surface area contributed by atoms with Crippen LogP contribution in [-0.4, -0.2) is 37.0 Å². The zero-order valence-electron chi connectivity index (χ0n) is 16.9. The fourth-order valence-electron chi connectivity index (χ4n) is 3.02. The molecule has 3 aromatic rings. The summed E-state index contributed by atoms with van der Waals surface area (Å²) >= 11 is 0. The lowest BCUT2D eigenvalue weighted by Crippen LogP contribution is -2.35. The molecule has 0 spiro atoms. The number of hydrogen-bond donors (Lipinski definition) is 1. The summed E-state index contributed by atoms with van der Waals surface area (Å²) in [6, 6.07) is 15.6. The Balaban J connectivity index is 1.63. The van der Waals surface area contributed by atoms with Gasteiger partial charge in [-0.05, 0) is 37.6 Å². The summed E-state index contributed by atoms with van der Waals surface area (Å²) in [6.07, 6.45) is 6.16. The number of nitrogens with zero attached hydrogens (tertiary/aromatic N) is 3. The molecule has 0 saturated heterocycles. The minimum Gasteiger partial charge on any atom is -0.356 e. The van der Waals surface area contributed by atoms with Crippen molar-refractivity contribution in [1.29, 1.82) is 0 Å². The van der Waals surface area contributed by atoms with Crippen LogP contribution in [0.3, 0.4) is 0 Å². The predicted molar refractivity (Wildman–Crippen MR) is 117 cm³/mol. The quantitative estimate of drug-likeness (QED) is 0.505. The van der Waals surface area contributed by atoms with Gasteiger partial charge in [0.25, 0.3) is 10.0 Å². The van der Waals surface area contributed by atoms with E-state index in [9.17, 15) is 13.2 Å². The third kappa shape index (κ3) is 5.70. The minimum atomic E-state index is -3.78. The van der Waals surface area contributed by atoms with Crippen LogP contribution in [0.1, 0.15) is 18.4 Å². The number of sulfonamides is 1. The van der Waals surface area contributed by atoms with Crippen LogP contribution in [-0.2, 0) is 21.4 Å². The largest absolute Gasteiger partial charge is 0.356 e. The molecule has 8 heteroatoms. The molecular formula is C22H26N4O3S. The van der Waals surface area contributed by atoms with Crippen molar-refractivity contribution in [3.63, 3.8) is 0 Å². The van der Waals surface area contributed by atoms with Crippen LogP contribution in [0.2, 0.25) is 0 Å². The van der Waals surface area contributed by atoms with E-state index in [-0.39, 0.29) is 23.8 Å². The van der Waals surface area contributed by atoms with Gasteiger partial charge in [-0.25, -0.2) is 13.4 Å². The van der Waals surface area contributed by atoms with Gasteiger partial charge in [-0.15, -0.1) is 0 Å². The van der Waals surface area contributed by atoms with Crippen LogP contribution < -0.4 is 9.62 Å². The van der Waals surface area contributed by atoms with Crippen molar-refractivity contribution < 1.29 is 13.2 Å². The Hall–Kier alpha value is -3.13. The summed E-state index contributed by atoms with van der Waals surface area (Å²) in [6.45, 7) is 3.25. The molecule has 0 unspecified atom stereocenters. The first kappa shape index (κ1) is 21.6. The predicted octanol–water partition coefficient (Wildman–Crippen LogP) is 2.98. The molecular weight excluding hydrogens is 400 g/mol. The van der Waals surface area contributed by atoms with Crippen molar-refractivity contribution in [2.45, 2.75) is 31.2 Å². The first-order valence-corrected chi connectivity index (χ1v) is 11.3.